The summed E-state index contributed by atoms with van der Waals surface area (Å²) in [6, 6.07) is 17.5. The molecule has 0 fully saturated rings. The first-order valence-electron chi connectivity index (χ1n) is 14.4. The van der Waals surface area contributed by atoms with E-state index in [-0.39, 0.29) is 23.3 Å². The van der Waals surface area contributed by atoms with E-state index in [1.54, 1.807) is 12.1 Å². The van der Waals surface area contributed by atoms with Crippen LogP contribution in [0.2, 0.25) is 0 Å². The summed E-state index contributed by atoms with van der Waals surface area (Å²) < 4.78 is 36.9. The SMILES string of the molecule is CCCCCCCCc1ccc(-c2c(-c3ccccc3)ccc(C(=O)OCCCCCCC)c2F)c(F)c1. The van der Waals surface area contributed by atoms with Crippen LogP contribution >= 0.6 is 0 Å². The van der Waals surface area contributed by atoms with E-state index in [0.717, 1.165) is 62.5 Å². The van der Waals surface area contributed by atoms with E-state index in [0.29, 0.717) is 5.56 Å². The molecule has 0 heterocycles. The molecule has 0 spiro atoms. The summed E-state index contributed by atoms with van der Waals surface area (Å²) in [5, 5.41) is 0. The summed E-state index contributed by atoms with van der Waals surface area (Å²) >= 11 is 0. The number of hydrogen-bond acceptors (Lipinski definition) is 2. The van der Waals surface area contributed by atoms with Crippen molar-refractivity contribution in [2.24, 2.45) is 0 Å². The Kier molecular flexibility index (Phi) is 12.5. The van der Waals surface area contributed by atoms with Gasteiger partial charge in [-0.05, 0) is 48.1 Å². The highest BCUT2D eigenvalue weighted by Gasteiger charge is 2.23. The van der Waals surface area contributed by atoms with Crippen LogP contribution < -0.4 is 0 Å². The second kappa shape index (κ2) is 16.1. The Morgan fingerprint density at radius 3 is 2.03 bits per heavy atom. The largest absolute Gasteiger partial charge is 0.462 e. The first kappa shape index (κ1) is 29.5. The summed E-state index contributed by atoms with van der Waals surface area (Å²) in [7, 11) is 0. The van der Waals surface area contributed by atoms with Gasteiger partial charge in [-0.3, -0.25) is 0 Å². The lowest BCUT2D eigenvalue weighted by molar-refractivity contribution is 0.0492. The lowest BCUT2D eigenvalue weighted by atomic mass is 9.91. The standard InChI is InChI=1S/C34H42F2O2/c1-3-5-7-9-10-13-17-26-20-21-29(31(35)25-26)32-28(27-18-14-12-15-19-27)22-23-30(33(32)36)34(37)38-24-16-11-8-6-4-2/h12,14-15,18-23,25H,3-11,13,16-17,24H2,1-2H3. The summed E-state index contributed by atoms with van der Waals surface area (Å²) in [6.07, 6.45) is 12.9. The molecule has 3 aromatic carbocycles. The second-order valence-corrected chi connectivity index (χ2v) is 10.1. The van der Waals surface area contributed by atoms with Gasteiger partial charge in [0.05, 0.1) is 12.2 Å². The molecule has 0 aromatic heterocycles. The van der Waals surface area contributed by atoms with Gasteiger partial charge in [-0.25, -0.2) is 13.6 Å². The number of benzene rings is 3. The fraction of sp³-hybridized carbons (Fsp3) is 0.441. The van der Waals surface area contributed by atoms with Crippen molar-refractivity contribution < 1.29 is 18.3 Å². The van der Waals surface area contributed by atoms with E-state index in [1.807, 2.05) is 36.4 Å². The molecule has 0 unspecified atom stereocenters. The smallest absolute Gasteiger partial charge is 0.341 e. The first-order chi connectivity index (χ1) is 18.6. The monoisotopic (exact) mass is 520 g/mol. The third kappa shape index (κ3) is 8.51. The van der Waals surface area contributed by atoms with Crippen LogP contribution in [0, 0.1) is 11.6 Å². The molecule has 0 bridgehead atoms. The third-order valence-corrected chi connectivity index (χ3v) is 7.05. The number of carbonyl (C=O) groups is 1. The van der Waals surface area contributed by atoms with Crippen LogP contribution in [-0.2, 0) is 11.2 Å². The molecule has 4 heteroatoms. The fourth-order valence-corrected chi connectivity index (χ4v) is 4.83. The van der Waals surface area contributed by atoms with E-state index in [2.05, 4.69) is 13.8 Å². The highest BCUT2D eigenvalue weighted by atomic mass is 19.1. The van der Waals surface area contributed by atoms with E-state index >= 15 is 8.78 Å². The minimum Gasteiger partial charge on any atom is -0.462 e. The zero-order valence-electron chi connectivity index (χ0n) is 23.0. The van der Waals surface area contributed by atoms with Crippen molar-refractivity contribution in [3.63, 3.8) is 0 Å². The van der Waals surface area contributed by atoms with E-state index in [1.165, 1.54) is 37.8 Å². The average molecular weight is 521 g/mol. The molecule has 204 valence electrons. The van der Waals surface area contributed by atoms with Gasteiger partial charge in [0.2, 0.25) is 0 Å². The Labute approximate surface area is 227 Å². The van der Waals surface area contributed by atoms with Crippen LogP contribution in [0.15, 0.2) is 60.7 Å². The molecule has 0 aliphatic carbocycles. The number of esters is 1. The zero-order chi connectivity index (χ0) is 27.2. The van der Waals surface area contributed by atoms with Gasteiger partial charge in [0, 0.05) is 11.1 Å². The maximum Gasteiger partial charge on any atom is 0.341 e. The number of carbonyl (C=O) groups excluding carboxylic acids is 1. The normalized spacial score (nSPS) is 11.1. The minimum absolute atomic E-state index is 0.0946. The van der Waals surface area contributed by atoms with Crippen molar-refractivity contribution in [2.75, 3.05) is 6.61 Å². The summed E-state index contributed by atoms with van der Waals surface area (Å²) in [4.78, 5) is 12.8. The van der Waals surface area contributed by atoms with E-state index in [4.69, 9.17) is 4.74 Å². The van der Waals surface area contributed by atoms with Crippen LogP contribution in [0.1, 0.15) is 100 Å². The van der Waals surface area contributed by atoms with Gasteiger partial charge in [-0.15, -0.1) is 0 Å². The maximum absolute atomic E-state index is 16.0. The van der Waals surface area contributed by atoms with Gasteiger partial charge < -0.3 is 4.74 Å². The fourth-order valence-electron chi connectivity index (χ4n) is 4.83. The molecule has 0 saturated heterocycles. The highest BCUT2D eigenvalue weighted by molar-refractivity contribution is 5.95. The molecule has 3 rings (SSSR count). The van der Waals surface area contributed by atoms with Gasteiger partial charge >= 0.3 is 5.97 Å². The maximum atomic E-state index is 16.0. The third-order valence-electron chi connectivity index (χ3n) is 7.05. The Hall–Kier alpha value is -3.01. The predicted molar refractivity (Wildman–Crippen MR) is 153 cm³/mol. The van der Waals surface area contributed by atoms with E-state index in [9.17, 15) is 4.79 Å². The van der Waals surface area contributed by atoms with Crippen molar-refractivity contribution in [3.8, 4) is 22.3 Å². The molecule has 38 heavy (non-hydrogen) atoms. The number of aryl methyl sites for hydroxylation is 1. The van der Waals surface area contributed by atoms with Gasteiger partial charge in [-0.1, -0.05) is 120 Å². The lowest BCUT2D eigenvalue weighted by Gasteiger charge is -2.16. The highest BCUT2D eigenvalue weighted by Crippen LogP contribution is 2.37. The molecular weight excluding hydrogens is 478 g/mol. The summed E-state index contributed by atoms with van der Waals surface area (Å²) in [5.41, 5.74) is 2.29. The number of rotatable bonds is 16. The van der Waals surface area contributed by atoms with Crippen LogP contribution in [0.3, 0.4) is 0 Å². The van der Waals surface area contributed by atoms with Crippen LogP contribution in [-0.4, -0.2) is 12.6 Å². The predicted octanol–water partition coefficient (Wildman–Crippen LogP) is 10.3. The van der Waals surface area contributed by atoms with Crippen LogP contribution in [0.5, 0.6) is 0 Å². The molecule has 3 aromatic rings. The molecule has 0 saturated carbocycles. The number of unbranched alkanes of at least 4 members (excludes halogenated alkanes) is 9. The number of ether oxygens (including phenoxy) is 1. The molecule has 0 aliphatic rings. The van der Waals surface area contributed by atoms with Crippen molar-refractivity contribution in [1.29, 1.82) is 0 Å². The Morgan fingerprint density at radius 2 is 1.34 bits per heavy atom. The van der Waals surface area contributed by atoms with Crippen LogP contribution in [0.4, 0.5) is 8.78 Å². The lowest BCUT2D eigenvalue weighted by Crippen LogP contribution is -2.10. The summed E-state index contributed by atoms with van der Waals surface area (Å²) in [5.74, 6) is -1.94. The van der Waals surface area contributed by atoms with Crippen molar-refractivity contribution in [3.05, 3.63) is 83.4 Å². The topological polar surface area (TPSA) is 26.3 Å². The van der Waals surface area contributed by atoms with E-state index < -0.39 is 17.6 Å². The van der Waals surface area contributed by atoms with Gasteiger partial charge in [0.25, 0.3) is 0 Å². The molecule has 2 nitrogen and oxygen atoms in total. The molecule has 0 N–H and O–H groups in total. The number of hydrogen-bond donors (Lipinski definition) is 0. The Balaban J connectivity index is 1.84. The molecular formula is C34H42F2O2. The Morgan fingerprint density at radius 1 is 0.711 bits per heavy atom. The van der Waals surface area contributed by atoms with Gasteiger partial charge in [0.15, 0.2) is 0 Å². The minimum atomic E-state index is -0.745. The van der Waals surface area contributed by atoms with Crippen molar-refractivity contribution >= 4 is 5.97 Å². The second-order valence-electron chi connectivity index (χ2n) is 10.1. The first-order valence-corrected chi connectivity index (χ1v) is 14.4. The zero-order valence-corrected chi connectivity index (χ0v) is 23.0. The van der Waals surface area contributed by atoms with Gasteiger partial charge in [-0.2, -0.15) is 0 Å². The molecule has 0 atom stereocenters. The van der Waals surface area contributed by atoms with Crippen molar-refractivity contribution in [1.82, 2.24) is 0 Å². The summed E-state index contributed by atoms with van der Waals surface area (Å²) in [6.45, 7) is 4.59. The molecule has 0 amide bonds. The van der Waals surface area contributed by atoms with Crippen molar-refractivity contribution in [2.45, 2.75) is 90.9 Å². The van der Waals surface area contributed by atoms with Crippen LogP contribution in [0.25, 0.3) is 22.3 Å². The molecule has 0 aliphatic heterocycles. The Bertz CT molecular complexity index is 1140. The quantitative estimate of drug-likeness (QED) is 0.139. The van der Waals surface area contributed by atoms with Gasteiger partial charge in [0.1, 0.15) is 11.6 Å². The average Bonchev–Trinajstić information content (AvgIpc) is 2.93. The number of halogens is 2. The molecule has 0 radical (unpaired) electrons.